The molecule has 0 amide bonds. The molecule has 100 valence electrons. The molecule has 2 unspecified atom stereocenters. The van der Waals surface area contributed by atoms with E-state index in [0.717, 1.165) is 22.8 Å². The summed E-state index contributed by atoms with van der Waals surface area (Å²) in [6.07, 6.45) is 3.70. The van der Waals surface area contributed by atoms with Crippen molar-refractivity contribution in [1.82, 2.24) is 4.98 Å². The van der Waals surface area contributed by atoms with E-state index in [0.29, 0.717) is 19.8 Å². The van der Waals surface area contributed by atoms with Gasteiger partial charge in [-0.1, -0.05) is 24.3 Å². The fraction of sp³-hybridized carbons (Fsp3) is 0.400. The minimum Gasteiger partial charge on any atom is -0.388 e. The molecule has 4 heteroatoms. The van der Waals surface area contributed by atoms with Gasteiger partial charge in [-0.2, -0.15) is 0 Å². The van der Waals surface area contributed by atoms with Crippen LogP contribution in [0.1, 0.15) is 18.1 Å². The van der Waals surface area contributed by atoms with Crippen LogP contribution in [0.25, 0.3) is 10.8 Å². The number of benzene rings is 1. The molecule has 2 aromatic rings. The first-order valence-corrected chi connectivity index (χ1v) is 6.55. The molecular formula is C15H18N2O2. The van der Waals surface area contributed by atoms with Gasteiger partial charge in [0.15, 0.2) is 0 Å². The second kappa shape index (κ2) is 4.89. The molecule has 1 saturated heterocycles. The van der Waals surface area contributed by atoms with Crippen LogP contribution < -0.4 is 5.73 Å². The molecule has 3 rings (SSSR count). The van der Waals surface area contributed by atoms with E-state index in [9.17, 15) is 5.11 Å². The Hall–Kier alpha value is -1.49. The maximum atomic E-state index is 10.8. The number of aromatic nitrogens is 1. The molecule has 0 spiro atoms. The summed E-state index contributed by atoms with van der Waals surface area (Å²) in [4.78, 5) is 4.23. The van der Waals surface area contributed by atoms with Gasteiger partial charge in [0.1, 0.15) is 0 Å². The van der Waals surface area contributed by atoms with Crippen molar-refractivity contribution < 1.29 is 9.84 Å². The van der Waals surface area contributed by atoms with Crippen molar-refractivity contribution in [1.29, 1.82) is 0 Å². The largest absolute Gasteiger partial charge is 0.388 e. The first-order valence-electron chi connectivity index (χ1n) is 6.55. The lowest BCUT2D eigenvalue weighted by molar-refractivity contribution is 0.0198. The Kier molecular flexibility index (Phi) is 3.22. The summed E-state index contributed by atoms with van der Waals surface area (Å²) in [6, 6.07) is 7.95. The number of nitrogens with zero attached hydrogens (tertiary/aromatic N) is 1. The highest BCUT2D eigenvalue weighted by Crippen LogP contribution is 2.41. The molecule has 1 fully saturated rings. The van der Waals surface area contributed by atoms with Gasteiger partial charge in [-0.25, -0.2) is 0 Å². The highest BCUT2D eigenvalue weighted by atomic mass is 16.5. The first kappa shape index (κ1) is 12.5. The van der Waals surface area contributed by atoms with Crippen LogP contribution in [0.2, 0.25) is 0 Å². The van der Waals surface area contributed by atoms with E-state index < -0.39 is 6.10 Å². The van der Waals surface area contributed by atoms with Gasteiger partial charge in [0.2, 0.25) is 0 Å². The third kappa shape index (κ3) is 2.02. The van der Waals surface area contributed by atoms with E-state index in [2.05, 4.69) is 4.98 Å². The van der Waals surface area contributed by atoms with Crippen molar-refractivity contribution in [3.05, 3.63) is 42.2 Å². The molecule has 2 atom stereocenters. The summed E-state index contributed by atoms with van der Waals surface area (Å²) in [5, 5.41) is 12.8. The summed E-state index contributed by atoms with van der Waals surface area (Å²) in [5.41, 5.74) is 6.35. The van der Waals surface area contributed by atoms with E-state index in [1.165, 1.54) is 0 Å². The van der Waals surface area contributed by atoms with Gasteiger partial charge in [0.25, 0.3) is 0 Å². The molecule has 0 aliphatic carbocycles. The first-order chi connectivity index (χ1) is 9.27. The molecule has 1 aromatic heterocycles. The molecule has 1 aliphatic heterocycles. The van der Waals surface area contributed by atoms with E-state index >= 15 is 0 Å². The van der Waals surface area contributed by atoms with Crippen molar-refractivity contribution in [3.8, 4) is 0 Å². The molecule has 4 nitrogen and oxygen atoms in total. The summed E-state index contributed by atoms with van der Waals surface area (Å²) in [6.45, 7) is 1.58. The number of aliphatic hydroxyl groups excluding tert-OH is 1. The number of fused-ring (bicyclic) bond motifs is 1. The maximum Gasteiger partial charge on any atom is 0.0902 e. The minimum absolute atomic E-state index is 0.383. The normalized spacial score (nSPS) is 24.7. The summed E-state index contributed by atoms with van der Waals surface area (Å²) in [5.74, 6) is 0. The molecule has 0 bridgehead atoms. The average Bonchev–Trinajstić information content (AvgIpc) is 2.96. The summed E-state index contributed by atoms with van der Waals surface area (Å²) in [7, 11) is 0. The number of nitrogens with two attached hydrogens (primary N) is 1. The van der Waals surface area contributed by atoms with Gasteiger partial charge < -0.3 is 15.6 Å². The molecule has 1 aromatic carbocycles. The van der Waals surface area contributed by atoms with Crippen molar-refractivity contribution in [2.75, 3.05) is 19.8 Å². The Labute approximate surface area is 112 Å². The summed E-state index contributed by atoms with van der Waals surface area (Å²) >= 11 is 0. The van der Waals surface area contributed by atoms with Crippen LogP contribution in [0.15, 0.2) is 36.7 Å². The highest BCUT2D eigenvalue weighted by Gasteiger charge is 2.41. The van der Waals surface area contributed by atoms with E-state index in [-0.39, 0.29) is 5.41 Å². The lowest BCUT2D eigenvalue weighted by Gasteiger charge is -2.32. The Balaban J connectivity index is 2.08. The van der Waals surface area contributed by atoms with Gasteiger partial charge in [-0.15, -0.1) is 0 Å². The smallest absolute Gasteiger partial charge is 0.0902 e. The predicted molar refractivity (Wildman–Crippen MR) is 73.6 cm³/mol. The fourth-order valence-corrected chi connectivity index (χ4v) is 2.80. The van der Waals surface area contributed by atoms with Crippen molar-refractivity contribution in [2.24, 2.45) is 11.1 Å². The predicted octanol–water partition coefficient (Wildman–Crippen LogP) is 1.63. The van der Waals surface area contributed by atoms with Crippen LogP contribution in [0.3, 0.4) is 0 Å². The lowest BCUT2D eigenvalue weighted by Crippen LogP contribution is -2.37. The van der Waals surface area contributed by atoms with Gasteiger partial charge in [-0.3, -0.25) is 4.98 Å². The number of rotatable bonds is 3. The Bertz CT molecular complexity index is 574. The van der Waals surface area contributed by atoms with Crippen molar-refractivity contribution >= 4 is 10.8 Å². The SMILES string of the molecule is NCC1(C(O)c2cncc3ccccc23)CCOC1. The van der Waals surface area contributed by atoms with Crippen molar-refractivity contribution in [3.63, 3.8) is 0 Å². The third-order valence-electron chi connectivity index (χ3n) is 4.11. The van der Waals surface area contributed by atoms with Crippen LogP contribution in [-0.4, -0.2) is 29.8 Å². The minimum atomic E-state index is -0.640. The second-order valence-corrected chi connectivity index (χ2v) is 5.22. The van der Waals surface area contributed by atoms with E-state index in [1.807, 2.05) is 30.5 Å². The third-order valence-corrected chi connectivity index (χ3v) is 4.11. The van der Waals surface area contributed by atoms with Gasteiger partial charge in [0.05, 0.1) is 12.7 Å². The summed E-state index contributed by atoms with van der Waals surface area (Å²) < 4.78 is 5.45. The van der Waals surface area contributed by atoms with Gasteiger partial charge >= 0.3 is 0 Å². The number of pyridine rings is 1. The Morgan fingerprint density at radius 1 is 1.37 bits per heavy atom. The fourth-order valence-electron chi connectivity index (χ4n) is 2.80. The molecule has 0 radical (unpaired) electrons. The maximum absolute atomic E-state index is 10.8. The number of aliphatic hydroxyl groups is 1. The second-order valence-electron chi connectivity index (χ2n) is 5.22. The Morgan fingerprint density at radius 2 is 2.21 bits per heavy atom. The topological polar surface area (TPSA) is 68.4 Å². The van der Waals surface area contributed by atoms with E-state index in [4.69, 9.17) is 10.5 Å². The zero-order chi connectivity index (χ0) is 13.3. The van der Waals surface area contributed by atoms with Crippen LogP contribution in [-0.2, 0) is 4.74 Å². The molecule has 2 heterocycles. The zero-order valence-corrected chi connectivity index (χ0v) is 10.7. The molecule has 19 heavy (non-hydrogen) atoms. The Morgan fingerprint density at radius 3 is 2.95 bits per heavy atom. The molecule has 0 saturated carbocycles. The van der Waals surface area contributed by atoms with Gasteiger partial charge in [-0.05, 0) is 11.8 Å². The van der Waals surface area contributed by atoms with Crippen molar-refractivity contribution in [2.45, 2.75) is 12.5 Å². The monoisotopic (exact) mass is 258 g/mol. The van der Waals surface area contributed by atoms with Crippen LogP contribution in [0.5, 0.6) is 0 Å². The number of hydrogen-bond donors (Lipinski definition) is 2. The number of hydrogen-bond acceptors (Lipinski definition) is 4. The van der Waals surface area contributed by atoms with Gasteiger partial charge in [0, 0.05) is 41.9 Å². The number of ether oxygens (including phenoxy) is 1. The quantitative estimate of drug-likeness (QED) is 0.878. The lowest BCUT2D eigenvalue weighted by atomic mass is 9.77. The average molecular weight is 258 g/mol. The van der Waals surface area contributed by atoms with Crippen LogP contribution in [0.4, 0.5) is 0 Å². The molecular weight excluding hydrogens is 240 g/mol. The van der Waals surface area contributed by atoms with Crippen LogP contribution >= 0.6 is 0 Å². The molecule has 3 N–H and O–H groups in total. The standard InChI is InChI=1S/C15H18N2O2/c16-9-15(5-6-19-10-15)14(18)13-8-17-7-11-3-1-2-4-12(11)13/h1-4,7-8,14,18H,5-6,9-10,16H2. The van der Waals surface area contributed by atoms with Crippen LogP contribution in [0, 0.1) is 5.41 Å². The highest BCUT2D eigenvalue weighted by molar-refractivity contribution is 5.85. The molecule has 1 aliphatic rings. The van der Waals surface area contributed by atoms with E-state index in [1.54, 1.807) is 6.20 Å². The zero-order valence-electron chi connectivity index (χ0n) is 10.7.